The predicted octanol–water partition coefficient (Wildman–Crippen LogP) is 0.964. The fourth-order valence-corrected chi connectivity index (χ4v) is 3.78. The Balaban J connectivity index is 0.00000182. The van der Waals surface area contributed by atoms with Gasteiger partial charge in [0.15, 0.2) is 0 Å². The van der Waals surface area contributed by atoms with Gasteiger partial charge in [-0.3, -0.25) is 9.36 Å². The van der Waals surface area contributed by atoms with Gasteiger partial charge in [-0.1, -0.05) is 11.6 Å². The molecule has 4 N–H and O–H groups in total. The van der Waals surface area contributed by atoms with Crippen molar-refractivity contribution in [3.63, 3.8) is 0 Å². The Kier molecular flexibility index (Phi) is 4.47. The predicted molar refractivity (Wildman–Crippen MR) is 97.9 cm³/mol. The van der Waals surface area contributed by atoms with Crippen molar-refractivity contribution < 1.29 is 4.39 Å². The van der Waals surface area contributed by atoms with Crippen LogP contribution in [0.15, 0.2) is 15.7 Å². The SMILES string of the molecule is Cl.NC1CCN(c2c(F)cc3c(=O)n(N)c(=O)n(C4CC4)c3c2Cl)C1. The number of nitrogens with two attached hydrogens (primary N) is 2. The molecule has 2 aliphatic rings. The molecule has 1 saturated heterocycles. The standard InChI is InChI=1S/C15H17ClFN5O2.ClH/c16-11-12-9(5-10(17)13(11)20-4-3-7(18)6-20)14(23)22(19)15(24)21(12)8-1-2-8;/h5,7-8H,1-4,6,18-19H2;1H. The van der Waals surface area contributed by atoms with Gasteiger partial charge in [-0.05, 0) is 25.3 Å². The van der Waals surface area contributed by atoms with Crippen molar-refractivity contribution in [2.24, 2.45) is 5.73 Å². The number of nitrogen functional groups attached to an aromatic ring is 1. The number of halogens is 3. The average molecular weight is 390 g/mol. The lowest BCUT2D eigenvalue weighted by Crippen LogP contribution is -2.44. The second kappa shape index (κ2) is 6.19. The summed E-state index contributed by atoms with van der Waals surface area (Å²) < 4.78 is 16.6. The fourth-order valence-electron chi connectivity index (χ4n) is 3.38. The van der Waals surface area contributed by atoms with Gasteiger partial charge in [-0.25, -0.2) is 9.18 Å². The lowest BCUT2D eigenvalue weighted by atomic mass is 10.2. The van der Waals surface area contributed by atoms with Gasteiger partial charge >= 0.3 is 5.69 Å². The first-order valence-electron chi connectivity index (χ1n) is 7.85. The van der Waals surface area contributed by atoms with E-state index in [9.17, 15) is 14.0 Å². The number of hydrogen-bond acceptors (Lipinski definition) is 5. The van der Waals surface area contributed by atoms with Crippen LogP contribution in [-0.4, -0.2) is 28.4 Å². The third-order valence-electron chi connectivity index (χ3n) is 4.72. The van der Waals surface area contributed by atoms with Crippen LogP contribution in [0, 0.1) is 5.82 Å². The van der Waals surface area contributed by atoms with Crippen molar-refractivity contribution in [2.75, 3.05) is 23.8 Å². The quantitative estimate of drug-likeness (QED) is 0.745. The molecule has 2 aromatic rings. The van der Waals surface area contributed by atoms with E-state index in [0.29, 0.717) is 17.8 Å². The highest BCUT2D eigenvalue weighted by Gasteiger charge is 2.32. The van der Waals surface area contributed by atoms with Crippen molar-refractivity contribution in [3.05, 3.63) is 37.7 Å². The summed E-state index contributed by atoms with van der Waals surface area (Å²) in [6, 6.07) is 0.996. The molecule has 1 unspecified atom stereocenters. The monoisotopic (exact) mass is 389 g/mol. The number of benzene rings is 1. The van der Waals surface area contributed by atoms with Crippen LogP contribution in [0.1, 0.15) is 25.3 Å². The molecular formula is C15H18Cl2FN5O2. The molecule has 0 bridgehead atoms. The maximum Gasteiger partial charge on any atom is 0.350 e. The maximum absolute atomic E-state index is 14.7. The molecule has 1 aliphatic heterocycles. The molecule has 0 radical (unpaired) electrons. The van der Waals surface area contributed by atoms with Crippen LogP contribution < -0.4 is 27.7 Å². The molecule has 4 rings (SSSR count). The molecular weight excluding hydrogens is 372 g/mol. The Bertz CT molecular complexity index is 969. The normalized spacial score (nSPS) is 20.1. The van der Waals surface area contributed by atoms with Crippen LogP contribution in [0.5, 0.6) is 0 Å². The van der Waals surface area contributed by atoms with Crippen LogP contribution in [-0.2, 0) is 0 Å². The van der Waals surface area contributed by atoms with E-state index in [0.717, 1.165) is 25.3 Å². The molecule has 10 heteroatoms. The van der Waals surface area contributed by atoms with Crippen LogP contribution in [0.25, 0.3) is 10.9 Å². The van der Waals surface area contributed by atoms with Gasteiger partial charge in [-0.2, -0.15) is 4.68 Å². The van der Waals surface area contributed by atoms with Gasteiger partial charge in [-0.15, -0.1) is 12.4 Å². The van der Waals surface area contributed by atoms with E-state index in [2.05, 4.69) is 0 Å². The largest absolute Gasteiger partial charge is 0.366 e. The Hall–Kier alpha value is -1.77. The summed E-state index contributed by atoms with van der Waals surface area (Å²) in [7, 11) is 0. The number of rotatable bonds is 2. The summed E-state index contributed by atoms with van der Waals surface area (Å²) >= 11 is 6.48. The zero-order chi connectivity index (χ0) is 17.2. The summed E-state index contributed by atoms with van der Waals surface area (Å²) in [4.78, 5) is 26.5. The highest BCUT2D eigenvalue weighted by molar-refractivity contribution is 6.38. The van der Waals surface area contributed by atoms with Crippen molar-refractivity contribution in [1.29, 1.82) is 0 Å². The van der Waals surface area contributed by atoms with Crippen LogP contribution in [0.4, 0.5) is 10.1 Å². The molecule has 7 nitrogen and oxygen atoms in total. The molecule has 2 fully saturated rings. The van der Waals surface area contributed by atoms with Gasteiger partial charge in [0, 0.05) is 25.2 Å². The van der Waals surface area contributed by atoms with Crippen LogP contribution in [0.3, 0.4) is 0 Å². The molecule has 0 amide bonds. The average Bonchev–Trinajstić information content (AvgIpc) is 3.28. The van der Waals surface area contributed by atoms with Gasteiger partial charge in [0.2, 0.25) is 0 Å². The van der Waals surface area contributed by atoms with E-state index in [4.69, 9.17) is 23.2 Å². The minimum Gasteiger partial charge on any atom is -0.366 e. The lowest BCUT2D eigenvalue weighted by molar-refractivity contribution is 0.620. The van der Waals surface area contributed by atoms with Crippen molar-refractivity contribution >= 4 is 40.6 Å². The number of nitrogens with zero attached hydrogens (tertiary/aromatic N) is 3. The van der Waals surface area contributed by atoms with Crippen LogP contribution in [0.2, 0.25) is 5.02 Å². The second-order valence-corrected chi connectivity index (χ2v) is 6.85. The minimum atomic E-state index is -0.752. The summed E-state index contributed by atoms with van der Waals surface area (Å²) in [6.07, 6.45) is 2.32. The number of anilines is 1. The maximum atomic E-state index is 14.7. The highest BCUT2D eigenvalue weighted by Crippen LogP contribution is 2.41. The first-order chi connectivity index (χ1) is 11.4. The van der Waals surface area contributed by atoms with E-state index in [1.165, 1.54) is 4.57 Å². The minimum absolute atomic E-state index is 0. The Morgan fingerprint density at radius 1 is 1.24 bits per heavy atom. The highest BCUT2D eigenvalue weighted by atomic mass is 35.5. The van der Waals surface area contributed by atoms with E-state index in [-0.39, 0.29) is 46.1 Å². The van der Waals surface area contributed by atoms with Crippen molar-refractivity contribution in [3.8, 4) is 0 Å². The second-order valence-electron chi connectivity index (χ2n) is 6.47. The topological polar surface area (TPSA) is 99.3 Å². The third kappa shape index (κ3) is 2.68. The van der Waals surface area contributed by atoms with Gasteiger partial charge in [0.05, 0.1) is 21.6 Å². The molecule has 25 heavy (non-hydrogen) atoms. The van der Waals surface area contributed by atoms with E-state index in [1.54, 1.807) is 4.90 Å². The van der Waals surface area contributed by atoms with E-state index in [1.807, 2.05) is 0 Å². The lowest BCUT2D eigenvalue weighted by Gasteiger charge is -2.22. The molecule has 1 aliphatic carbocycles. The summed E-state index contributed by atoms with van der Waals surface area (Å²) in [5.74, 6) is 4.96. The summed E-state index contributed by atoms with van der Waals surface area (Å²) in [6.45, 7) is 1.05. The van der Waals surface area contributed by atoms with Gasteiger partial charge in [0.1, 0.15) is 5.82 Å². The smallest absolute Gasteiger partial charge is 0.350 e. The number of hydrogen-bond donors (Lipinski definition) is 2. The van der Waals surface area contributed by atoms with E-state index < -0.39 is 17.1 Å². The molecule has 1 atom stereocenters. The molecule has 0 spiro atoms. The molecule has 136 valence electrons. The number of fused-ring (bicyclic) bond motifs is 1. The van der Waals surface area contributed by atoms with Crippen molar-refractivity contribution in [2.45, 2.75) is 31.3 Å². The third-order valence-corrected chi connectivity index (χ3v) is 5.08. The molecule has 1 saturated carbocycles. The zero-order valence-electron chi connectivity index (χ0n) is 13.2. The molecule has 2 heterocycles. The van der Waals surface area contributed by atoms with Gasteiger partial charge < -0.3 is 16.5 Å². The Morgan fingerprint density at radius 2 is 1.92 bits per heavy atom. The first-order valence-corrected chi connectivity index (χ1v) is 8.22. The first kappa shape index (κ1) is 18.0. The van der Waals surface area contributed by atoms with Crippen molar-refractivity contribution in [1.82, 2.24) is 9.24 Å². The molecule has 1 aromatic carbocycles. The molecule has 1 aromatic heterocycles. The van der Waals surface area contributed by atoms with E-state index >= 15 is 0 Å². The van der Waals surface area contributed by atoms with Crippen LogP contribution >= 0.6 is 24.0 Å². The summed E-state index contributed by atoms with van der Waals surface area (Å²) in [5.41, 5.74) is 4.97. The summed E-state index contributed by atoms with van der Waals surface area (Å²) in [5, 5.41) is 0.0829. The Morgan fingerprint density at radius 3 is 2.48 bits per heavy atom. The van der Waals surface area contributed by atoms with Gasteiger partial charge in [0.25, 0.3) is 5.56 Å². The fraction of sp³-hybridized carbons (Fsp3) is 0.467. The Labute approximate surface area is 153 Å². The zero-order valence-corrected chi connectivity index (χ0v) is 14.8. The number of aromatic nitrogens is 2.